The number of benzene rings is 1. The smallest absolute Gasteiger partial charge is 0.259 e. The SMILES string of the molecule is Cn1cc(C(=O)Nc2cccc(N3CCCC3)c2)c(-c2cccs2)n1. The first-order valence-electron chi connectivity index (χ1n) is 8.44. The van der Waals surface area contributed by atoms with Crippen molar-refractivity contribution in [3.63, 3.8) is 0 Å². The number of carbonyl (C=O) groups excluding carboxylic acids is 1. The van der Waals surface area contributed by atoms with Gasteiger partial charge in [0, 0.05) is 37.7 Å². The van der Waals surface area contributed by atoms with Crippen molar-refractivity contribution < 1.29 is 4.79 Å². The molecule has 0 spiro atoms. The van der Waals surface area contributed by atoms with E-state index in [1.807, 2.05) is 42.8 Å². The molecule has 4 rings (SSSR count). The fourth-order valence-electron chi connectivity index (χ4n) is 3.20. The third-order valence-corrected chi connectivity index (χ3v) is 5.28. The van der Waals surface area contributed by atoms with Crippen LogP contribution in [0.2, 0.25) is 0 Å². The summed E-state index contributed by atoms with van der Waals surface area (Å²) in [7, 11) is 1.84. The van der Waals surface area contributed by atoms with Crippen LogP contribution in [0.4, 0.5) is 11.4 Å². The summed E-state index contributed by atoms with van der Waals surface area (Å²) in [6, 6.07) is 12.0. The summed E-state index contributed by atoms with van der Waals surface area (Å²) in [6.07, 6.45) is 4.24. The van der Waals surface area contributed by atoms with Crippen LogP contribution in [0, 0.1) is 0 Å². The van der Waals surface area contributed by atoms with Crippen molar-refractivity contribution in [2.75, 3.05) is 23.3 Å². The van der Waals surface area contributed by atoms with Crippen molar-refractivity contribution in [3.05, 3.63) is 53.5 Å². The molecule has 25 heavy (non-hydrogen) atoms. The Balaban J connectivity index is 1.58. The Bertz CT molecular complexity index is 879. The number of amides is 1. The Morgan fingerprint density at radius 2 is 2.04 bits per heavy atom. The molecule has 3 aromatic rings. The minimum Gasteiger partial charge on any atom is -0.371 e. The van der Waals surface area contributed by atoms with Gasteiger partial charge < -0.3 is 10.2 Å². The maximum atomic E-state index is 12.8. The predicted octanol–water partition coefficient (Wildman–Crippen LogP) is 4.00. The number of thiophene rings is 1. The molecular formula is C19H20N4OS. The highest BCUT2D eigenvalue weighted by Crippen LogP contribution is 2.28. The molecule has 1 aliphatic heterocycles. The molecule has 1 aliphatic rings. The highest BCUT2D eigenvalue weighted by Gasteiger charge is 2.19. The van der Waals surface area contributed by atoms with Crippen LogP contribution in [0.1, 0.15) is 23.2 Å². The highest BCUT2D eigenvalue weighted by molar-refractivity contribution is 7.13. The molecule has 0 radical (unpaired) electrons. The normalized spacial score (nSPS) is 14.0. The maximum absolute atomic E-state index is 12.8. The van der Waals surface area contributed by atoms with Gasteiger partial charge in [-0.15, -0.1) is 11.3 Å². The van der Waals surface area contributed by atoms with Crippen LogP contribution in [0.25, 0.3) is 10.6 Å². The number of aryl methyl sites for hydroxylation is 1. The van der Waals surface area contributed by atoms with Crippen LogP contribution in [-0.4, -0.2) is 28.8 Å². The number of hydrogen-bond donors (Lipinski definition) is 1. The number of rotatable bonds is 4. The molecule has 1 N–H and O–H groups in total. The van der Waals surface area contributed by atoms with E-state index in [9.17, 15) is 4.79 Å². The van der Waals surface area contributed by atoms with Crippen LogP contribution >= 0.6 is 11.3 Å². The highest BCUT2D eigenvalue weighted by atomic mass is 32.1. The zero-order chi connectivity index (χ0) is 17.2. The van der Waals surface area contributed by atoms with E-state index in [0.29, 0.717) is 5.56 Å². The second-order valence-electron chi connectivity index (χ2n) is 6.24. The Hall–Kier alpha value is -2.60. The molecule has 0 saturated carbocycles. The molecule has 5 nitrogen and oxygen atoms in total. The summed E-state index contributed by atoms with van der Waals surface area (Å²) in [4.78, 5) is 16.2. The van der Waals surface area contributed by atoms with Crippen LogP contribution in [0.5, 0.6) is 0 Å². The largest absolute Gasteiger partial charge is 0.371 e. The monoisotopic (exact) mass is 352 g/mol. The van der Waals surface area contributed by atoms with Gasteiger partial charge in [-0.3, -0.25) is 9.48 Å². The number of carbonyl (C=O) groups is 1. The molecule has 2 aromatic heterocycles. The number of aromatic nitrogens is 2. The molecule has 1 fully saturated rings. The summed E-state index contributed by atoms with van der Waals surface area (Å²) in [5.74, 6) is -0.130. The van der Waals surface area contributed by atoms with E-state index in [-0.39, 0.29) is 5.91 Å². The van der Waals surface area contributed by atoms with E-state index in [2.05, 4.69) is 21.4 Å². The van der Waals surface area contributed by atoms with Crippen LogP contribution < -0.4 is 10.2 Å². The quantitative estimate of drug-likeness (QED) is 0.772. The van der Waals surface area contributed by atoms with Crippen LogP contribution in [0.15, 0.2) is 48.0 Å². The Kier molecular flexibility index (Phi) is 4.28. The van der Waals surface area contributed by atoms with Crippen LogP contribution in [0.3, 0.4) is 0 Å². The van der Waals surface area contributed by atoms with Gasteiger partial charge in [0.05, 0.1) is 10.4 Å². The number of nitrogens with zero attached hydrogens (tertiary/aromatic N) is 3. The first-order valence-corrected chi connectivity index (χ1v) is 9.32. The summed E-state index contributed by atoms with van der Waals surface area (Å²) >= 11 is 1.58. The van der Waals surface area contributed by atoms with E-state index in [1.54, 1.807) is 22.2 Å². The first kappa shape index (κ1) is 15.9. The van der Waals surface area contributed by atoms with Crippen molar-refractivity contribution >= 4 is 28.6 Å². The van der Waals surface area contributed by atoms with E-state index in [0.717, 1.165) is 29.3 Å². The van der Waals surface area contributed by atoms with E-state index < -0.39 is 0 Å². The fraction of sp³-hybridized carbons (Fsp3) is 0.263. The third kappa shape index (κ3) is 3.30. The van der Waals surface area contributed by atoms with Gasteiger partial charge in [0.25, 0.3) is 5.91 Å². The Labute approximate surface area is 150 Å². The standard InChI is InChI=1S/C19H20N4OS/c1-22-13-16(18(21-22)17-8-5-11-25-17)19(24)20-14-6-4-7-15(12-14)23-9-2-3-10-23/h4-8,11-13H,2-3,9-10H2,1H3,(H,20,24). The van der Waals surface area contributed by atoms with Gasteiger partial charge in [0.2, 0.25) is 0 Å². The van der Waals surface area contributed by atoms with Crippen molar-refractivity contribution in [1.82, 2.24) is 9.78 Å². The molecule has 3 heterocycles. The zero-order valence-electron chi connectivity index (χ0n) is 14.1. The first-order chi connectivity index (χ1) is 12.2. The third-order valence-electron chi connectivity index (χ3n) is 4.40. The Morgan fingerprint density at radius 1 is 1.20 bits per heavy atom. The average molecular weight is 352 g/mol. The van der Waals surface area contributed by atoms with Gasteiger partial charge >= 0.3 is 0 Å². The molecule has 0 aliphatic carbocycles. The molecular weight excluding hydrogens is 332 g/mol. The lowest BCUT2D eigenvalue weighted by molar-refractivity contribution is 0.102. The van der Waals surface area contributed by atoms with Gasteiger partial charge in [-0.25, -0.2) is 0 Å². The lowest BCUT2D eigenvalue weighted by Gasteiger charge is -2.18. The maximum Gasteiger partial charge on any atom is 0.259 e. The van der Waals surface area contributed by atoms with E-state index in [1.165, 1.54) is 18.5 Å². The van der Waals surface area contributed by atoms with Gasteiger partial charge in [-0.2, -0.15) is 5.10 Å². The van der Waals surface area contributed by atoms with Gasteiger partial charge in [-0.1, -0.05) is 12.1 Å². The number of anilines is 2. The molecule has 0 atom stereocenters. The van der Waals surface area contributed by atoms with Crippen molar-refractivity contribution in [2.24, 2.45) is 7.05 Å². The van der Waals surface area contributed by atoms with E-state index >= 15 is 0 Å². The second kappa shape index (κ2) is 6.72. The molecule has 1 saturated heterocycles. The molecule has 6 heteroatoms. The minimum atomic E-state index is -0.130. The zero-order valence-corrected chi connectivity index (χ0v) is 14.9. The van der Waals surface area contributed by atoms with Gasteiger partial charge in [0.15, 0.2) is 0 Å². The number of nitrogens with one attached hydrogen (secondary N) is 1. The topological polar surface area (TPSA) is 50.2 Å². The van der Waals surface area contributed by atoms with Crippen molar-refractivity contribution in [3.8, 4) is 10.6 Å². The Morgan fingerprint density at radius 3 is 2.80 bits per heavy atom. The average Bonchev–Trinajstić information content (AvgIpc) is 3.36. The lowest BCUT2D eigenvalue weighted by Crippen LogP contribution is -2.18. The summed E-state index contributed by atoms with van der Waals surface area (Å²) in [5, 5.41) is 9.47. The summed E-state index contributed by atoms with van der Waals surface area (Å²) in [6.45, 7) is 2.17. The predicted molar refractivity (Wildman–Crippen MR) is 102 cm³/mol. The molecule has 0 bridgehead atoms. The second-order valence-corrected chi connectivity index (χ2v) is 7.19. The van der Waals surface area contributed by atoms with Crippen molar-refractivity contribution in [2.45, 2.75) is 12.8 Å². The molecule has 0 unspecified atom stereocenters. The lowest BCUT2D eigenvalue weighted by atomic mass is 10.2. The molecule has 1 amide bonds. The number of hydrogen-bond acceptors (Lipinski definition) is 4. The van der Waals surface area contributed by atoms with Crippen LogP contribution in [-0.2, 0) is 7.05 Å². The fourth-order valence-corrected chi connectivity index (χ4v) is 3.93. The molecule has 128 valence electrons. The van der Waals surface area contributed by atoms with Gasteiger partial charge in [-0.05, 0) is 42.5 Å². The van der Waals surface area contributed by atoms with E-state index in [4.69, 9.17) is 0 Å². The molecule has 1 aromatic carbocycles. The summed E-state index contributed by atoms with van der Waals surface area (Å²) < 4.78 is 1.69. The minimum absolute atomic E-state index is 0.130. The van der Waals surface area contributed by atoms with Crippen molar-refractivity contribution in [1.29, 1.82) is 0 Å². The summed E-state index contributed by atoms with van der Waals surface area (Å²) in [5.41, 5.74) is 3.30. The van der Waals surface area contributed by atoms with Gasteiger partial charge in [0.1, 0.15) is 5.69 Å².